The van der Waals surface area contributed by atoms with Gasteiger partial charge in [0.2, 0.25) is 0 Å². The number of carbonyl (C=O) groups is 2. The number of aromatic carboxylic acids is 1. The maximum absolute atomic E-state index is 11.6. The number of carboxylic acids is 1. The summed E-state index contributed by atoms with van der Waals surface area (Å²) in [4.78, 5) is 26.0. The van der Waals surface area contributed by atoms with Gasteiger partial charge >= 0.3 is 12.0 Å². The second kappa shape index (κ2) is 6.46. The molecule has 2 aromatic heterocycles. The van der Waals surface area contributed by atoms with Crippen molar-refractivity contribution < 1.29 is 14.7 Å². The van der Waals surface area contributed by atoms with Crippen molar-refractivity contribution in [3.63, 3.8) is 0 Å². The Bertz CT molecular complexity index is 637. The van der Waals surface area contributed by atoms with Crippen LogP contribution in [0.3, 0.4) is 0 Å². The number of rotatable bonds is 5. The zero-order valence-electron chi connectivity index (χ0n) is 11.3. The van der Waals surface area contributed by atoms with E-state index in [4.69, 9.17) is 5.11 Å². The van der Waals surface area contributed by atoms with E-state index in [9.17, 15) is 9.59 Å². The van der Waals surface area contributed by atoms with Gasteiger partial charge in [0.15, 0.2) is 5.82 Å². The number of nitrogens with one attached hydrogen (secondary N) is 2. The van der Waals surface area contributed by atoms with Crippen LogP contribution in [-0.4, -0.2) is 36.9 Å². The lowest BCUT2D eigenvalue weighted by Crippen LogP contribution is -2.35. The average Bonchev–Trinajstić information content (AvgIpc) is 2.88. The standard InChI is InChI=1S/C12H14N6O3/c1-18-7-16-17-10(18)6-15-12(21)14-5-8-2-3-9(11(19)20)13-4-8/h2-4,7H,5-6H2,1H3,(H,19,20)(H2,14,15,21). The molecule has 3 N–H and O–H groups in total. The van der Waals surface area contributed by atoms with Gasteiger partial charge in [-0.25, -0.2) is 14.6 Å². The first kappa shape index (κ1) is 14.4. The molecule has 2 aromatic rings. The molecular formula is C12H14N6O3. The first-order valence-corrected chi connectivity index (χ1v) is 6.09. The predicted molar refractivity (Wildman–Crippen MR) is 71.3 cm³/mol. The maximum Gasteiger partial charge on any atom is 0.354 e. The van der Waals surface area contributed by atoms with Crippen LogP contribution in [0, 0.1) is 0 Å². The van der Waals surface area contributed by atoms with Crippen LogP contribution in [0.4, 0.5) is 4.79 Å². The monoisotopic (exact) mass is 290 g/mol. The summed E-state index contributed by atoms with van der Waals surface area (Å²) in [5, 5.41) is 21.5. The van der Waals surface area contributed by atoms with Crippen LogP contribution in [-0.2, 0) is 20.1 Å². The summed E-state index contributed by atoms with van der Waals surface area (Å²) in [5.74, 6) is -0.450. The van der Waals surface area contributed by atoms with Crippen LogP contribution < -0.4 is 10.6 Å². The molecule has 0 radical (unpaired) electrons. The Hall–Kier alpha value is -2.97. The zero-order chi connectivity index (χ0) is 15.2. The summed E-state index contributed by atoms with van der Waals surface area (Å²) in [5.41, 5.74) is 0.666. The van der Waals surface area contributed by atoms with E-state index in [0.29, 0.717) is 11.4 Å². The topological polar surface area (TPSA) is 122 Å². The van der Waals surface area contributed by atoms with Crippen molar-refractivity contribution in [1.29, 1.82) is 0 Å². The van der Waals surface area contributed by atoms with Gasteiger partial charge in [-0.15, -0.1) is 10.2 Å². The number of carboxylic acid groups (broad SMARTS) is 1. The number of nitrogens with zero attached hydrogens (tertiary/aromatic N) is 4. The van der Waals surface area contributed by atoms with Crippen molar-refractivity contribution in [2.24, 2.45) is 7.05 Å². The number of urea groups is 1. The summed E-state index contributed by atoms with van der Waals surface area (Å²) >= 11 is 0. The van der Waals surface area contributed by atoms with Crippen LogP contribution in [0.1, 0.15) is 21.9 Å². The fourth-order valence-corrected chi connectivity index (χ4v) is 1.53. The molecule has 9 heteroatoms. The molecule has 0 saturated heterocycles. The number of aromatic nitrogens is 4. The molecule has 110 valence electrons. The number of hydrogen-bond donors (Lipinski definition) is 3. The Labute approximate surface area is 120 Å². The minimum absolute atomic E-state index is 0.0366. The Balaban J connectivity index is 1.78. The van der Waals surface area contributed by atoms with Crippen LogP contribution in [0.5, 0.6) is 0 Å². The molecule has 0 aliphatic rings. The number of pyridine rings is 1. The van der Waals surface area contributed by atoms with Crippen LogP contribution in [0.25, 0.3) is 0 Å². The first-order valence-electron chi connectivity index (χ1n) is 6.09. The van der Waals surface area contributed by atoms with Crippen molar-refractivity contribution in [3.8, 4) is 0 Å². The number of aryl methyl sites for hydroxylation is 1. The van der Waals surface area contributed by atoms with Gasteiger partial charge in [-0.2, -0.15) is 0 Å². The minimum Gasteiger partial charge on any atom is -0.477 e. The minimum atomic E-state index is -1.09. The summed E-state index contributed by atoms with van der Waals surface area (Å²) in [7, 11) is 1.78. The van der Waals surface area contributed by atoms with Gasteiger partial charge < -0.3 is 20.3 Å². The smallest absolute Gasteiger partial charge is 0.354 e. The molecule has 0 aliphatic heterocycles. The molecule has 0 atom stereocenters. The molecule has 9 nitrogen and oxygen atoms in total. The molecule has 0 bridgehead atoms. The number of hydrogen-bond acceptors (Lipinski definition) is 5. The van der Waals surface area contributed by atoms with Crippen molar-refractivity contribution >= 4 is 12.0 Å². The quantitative estimate of drug-likeness (QED) is 0.707. The lowest BCUT2D eigenvalue weighted by Gasteiger charge is -2.07. The van der Waals surface area contributed by atoms with Crippen molar-refractivity contribution in [2.75, 3.05) is 0 Å². The van der Waals surface area contributed by atoms with Crippen LogP contribution >= 0.6 is 0 Å². The van der Waals surface area contributed by atoms with E-state index in [2.05, 4.69) is 25.8 Å². The Morgan fingerprint density at radius 1 is 1.29 bits per heavy atom. The van der Waals surface area contributed by atoms with Crippen LogP contribution in [0.2, 0.25) is 0 Å². The fourth-order valence-electron chi connectivity index (χ4n) is 1.53. The highest BCUT2D eigenvalue weighted by Crippen LogP contribution is 2.00. The number of carbonyl (C=O) groups excluding carboxylic acids is 1. The highest BCUT2D eigenvalue weighted by Gasteiger charge is 2.06. The van der Waals surface area contributed by atoms with E-state index in [1.807, 2.05) is 0 Å². The second-order valence-electron chi connectivity index (χ2n) is 4.25. The molecule has 0 spiro atoms. The molecule has 0 fully saturated rings. The van der Waals surface area contributed by atoms with Gasteiger partial charge in [0.1, 0.15) is 12.0 Å². The maximum atomic E-state index is 11.6. The first-order chi connectivity index (χ1) is 10.1. The lowest BCUT2D eigenvalue weighted by molar-refractivity contribution is 0.0690. The van der Waals surface area contributed by atoms with E-state index in [-0.39, 0.29) is 24.8 Å². The third kappa shape index (κ3) is 4.00. The normalized spacial score (nSPS) is 10.1. The SMILES string of the molecule is Cn1cnnc1CNC(=O)NCc1ccc(C(=O)O)nc1. The summed E-state index contributed by atoms with van der Waals surface area (Å²) in [6.07, 6.45) is 2.96. The second-order valence-corrected chi connectivity index (χ2v) is 4.25. The Kier molecular flexibility index (Phi) is 4.44. The third-order valence-corrected chi connectivity index (χ3v) is 2.71. The number of amides is 2. The zero-order valence-corrected chi connectivity index (χ0v) is 11.3. The molecular weight excluding hydrogens is 276 g/mol. The van der Waals surface area contributed by atoms with E-state index in [1.54, 1.807) is 24.0 Å². The molecule has 0 saturated carbocycles. The summed E-state index contributed by atoms with van der Waals surface area (Å²) in [6, 6.07) is 2.62. The van der Waals surface area contributed by atoms with Gasteiger partial charge in [-0.05, 0) is 11.6 Å². The summed E-state index contributed by atoms with van der Waals surface area (Å²) in [6.45, 7) is 0.510. The van der Waals surface area contributed by atoms with Gasteiger partial charge in [0.05, 0.1) is 6.54 Å². The molecule has 0 aliphatic carbocycles. The lowest BCUT2D eigenvalue weighted by atomic mass is 10.2. The average molecular weight is 290 g/mol. The van der Waals surface area contributed by atoms with Crippen molar-refractivity contribution in [2.45, 2.75) is 13.1 Å². The molecule has 2 rings (SSSR count). The Morgan fingerprint density at radius 3 is 2.62 bits per heavy atom. The largest absolute Gasteiger partial charge is 0.477 e. The highest BCUT2D eigenvalue weighted by atomic mass is 16.4. The van der Waals surface area contributed by atoms with Crippen molar-refractivity contribution in [3.05, 3.63) is 41.7 Å². The van der Waals surface area contributed by atoms with Gasteiger partial charge in [-0.3, -0.25) is 0 Å². The van der Waals surface area contributed by atoms with E-state index >= 15 is 0 Å². The van der Waals surface area contributed by atoms with E-state index in [0.717, 1.165) is 0 Å². The van der Waals surface area contributed by atoms with E-state index in [1.165, 1.54) is 12.3 Å². The van der Waals surface area contributed by atoms with Gasteiger partial charge in [0, 0.05) is 19.8 Å². The molecule has 2 heterocycles. The van der Waals surface area contributed by atoms with E-state index < -0.39 is 5.97 Å². The predicted octanol–water partition coefficient (Wildman–Crippen LogP) is -0.0923. The summed E-state index contributed by atoms with van der Waals surface area (Å²) < 4.78 is 1.70. The van der Waals surface area contributed by atoms with Gasteiger partial charge in [0.25, 0.3) is 0 Å². The van der Waals surface area contributed by atoms with Gasteiger partial charge in [-0.1, -0.05) is 6.07 Å². The highest BCUT2D eigenvalue weighted by molar-refractivity contribution is 5.85. The molecule has 0 unspecified atom stereocenters. The Morgan fingerprint density at radius 2 is 2.05 bits per heavy atom. The van der Waals surface area contributed by atoms with Crippen LogP contribution in [0.15, 0.2) is 24.7 Å². The molecule has 2 amide bonds. The third-order valence-electron chi connectivity index (χ3n) is 2.71. The fraction of sp³-hybridized carbons (Fsp3) is 0.250. The van der Waals surface area contributed by atoms with Crippen molar-refractivity contribution in [1.82, 2.24) is 30.4 Å². The molecule has 21 heavy (non-hydrogen) atoms. The molecule has 0 aromatic carbocycles.